The predicted molar refractivity (Wildman–Crippen MR) is 76.7 cm³/mol. The van der Waals surface area contributed by atoms with E-state index in [0.29, 0.717) is 13.0 Å². The van der Waals surface area contributed by atoms with Crippen molar-refractivity contribution in [2.45, 2.75) is 17.7 Å². The number of carboxylic acid groups (broad SMARTS) is 1. The standard InChI is InChI=1S/C13H18N2O3S/c1-15(9-5-8-12(16)17)13(18)14-10-6-3-4-7-11(10)19-2/h3-4,6-7H,5,8-9H2,1-2H3,(H,14,18)(H,16,17). The van der Waals surface area contributed by atoms with Crippen LogP contribution < -0.4 is 5.32 Å². The first-order chi connectivity index (χ1) is 9.04. The molecule has 104 valence electrons. The molecule has 0 spiro atoms. The van der Waals surface area contributed by atoms with Crippen molar-refractivity contribution in [2.75, 3.05) is 25.2 Å². The summed E-state index contributed by atoms with van der Waals surface area (Å²) in [6.45, 7) is 0.416. The molecular formula is C13H18N2O3S. The van der Waals surface area contributed by atoms with Crippen molar-refractivity contribution < 1.29 is 14.7 Å². The molecule has 1 aromatic rings. The molecule has 19 heavy (non-hydrogen) atoms. The molecule has 0 aromatic heterocycles. The number of hydrogen-bond donors (Lipinski definition) is 2. The lowest BCUT2D eigenvalue weighted by Crippen LogP contribution is -2.32. The average molecular weight is 282 g/mol. The van der Waals surface area contributed by atoms with E-state index in [1.807, 2.05) is 30.5 Å². The quantitative estimate of drug-likeness (QED) is 0.787. The van der Waals surface area contributed by atoms with Gasteiger partial charge in [0.05, 0.1) is 5.69 Å². The van der Waals surface area contributed by atoms with E-state index in [1.165, 1.54) is 4.90 Å². The van der Waals surface area contributed by atoms with Crippen LogP contribution in [0.2, 0.25) is 0 Å². The molecule has 0 atom stereocenters. The molecule has 0 fully saturated rings. The first-order valence-electron chi connectivity index (χ1n) is 5.91. The predicted octanol–water partition coefficient (Wildman–Crippen LogP) is 2.74. The zero-order chi connectivity index (χ0) is 14.3. The number of thioether (sulfide) groups is 1. The first-order valence-corrected chi connectivity index (χ1v) is 7.14. The van der Waals surface area contributed by atoms with Crippen LogP contribution in [0.5, 0.6) is 0 Å². The van der Waals surface area contributed by atoms with E-state index in [-0.39, 0.29) is 12.5 Å². The number of carboxylic acids is 1. The largest absolute Gasteiger partial charge is 0.481 e. The number of amides is 2. The topological polar surface area (TPSA) is 69.6 Å². The van der Waals surface area contributed by atoms with E-state index in [0.717, 1.165) is 10.6 Å². The Morgan fingerprint density at radius 1 is 1.37 bits per heavy atom. The maximum atomic E-state index is 11.9. The van der Waals surface area contributed by atoms with Crippen molar-refractivity contribution in [1.29, 1.82) is 0 Å². The maximum Gasteiger partial charge on any atom is 0.321 e. The van der Waals surface area contributed by atoms with Gasteiger partial charge in [-0.2, -0.15) is 0 Å². The van der Waals surface area contributed by atoms with Gasteiger partial charge in [-0.25, -0.2) is 4.79 Å². The molecule has 2 amide bonds. The van der Waals surface area contributed by atoms with E-state index in [2.05, 4.69) is 5.32 Å². The molecule has 0 heterocycles. The molecule has 5 nitrogen and oxygen atoms in total. The number of aliphatic carboxylic acids is 1. The Morgan fingerprint density at radius 2 is 2.05 bits per heavy atom. The third kappa shape index (κ3) is 5.21. The van der Waals surface area contributed by atoms with Gasteiger partial charge in [-0.15, -0.1) is 11.8 Å². The molecule has 6 heteroatoms. The second-order valence-corrected chi connectivity index (χ2v) is 4.90. The first kappa shape index (κ1) is 15.4. The van der Waals surface area contributed by atoms with Gasteiger partial charge in [0, 0.05) is 24.9 Å². The lowest BCUT2D eigenvalue weighted by Gasteiger charge is -2.18. The molecule has 0 radical (unpaired) electrons. The summed E-state index contributed by atoms with van der Waals surface area (Å²) in [5.41, 5.74) is 0.769. The molecule has 1 rings (SSSR count). The number of rotatable bonds is 6. The lowest BCUT2D eigenvalue weighted by atomic mass is 10.3. The summed E-state index contributed by atoms with van der Waals surface area (Å²) < 4.78 is 0. The van der Waals surface area contributed by atoms with E-state index in [4.69, 9.17) is 5.11 Å². The number of nitrogens with one attached hydrogen (secondary N) is 1. The summed E-state index contributed by atoms with van der Waals surface area (Å²) in [5, 5.41) is 11.4. The van der Waals surface area contributed by atoms with Gasteiger partial charge in [-0.05, 0) is 24.8 Å². The molecule has 0 aliphatic heterocycles. The van der Waals surface area contributed by atoms with Gasteiger partial charge < -0.3 is 15.3 Å². The summed E-state index contributed by atoms with van der Waals surface area (Å²) in [7, 11) is 1.65. The van der Waals surface area contributed by atoms with Crippen LogP contribution in [0.4, 0.5) is 10.5 Å². The number of carbonyl (C=O) groups excluding carboxylic acids is 1. The minimum absolute atomic E-state index is 0.0685. The molecule has 0 aliphatic carbocycles. The fraction of sp³-hybridized carbons (Fsp3) is 0.385. The van der Waals surface area contributed by atoms with Crippen molar-refractivity contribution in [3.05, 3.63) is 24.3 Å². The van der Waals surface area contributed by atoms with Crippen LogP contribution in [0.15, 0.2) is 29.2 Å². The van der Waals surface area contributed by atoms with Gasteiger partial charge in [0.1, 0.15) is 0 Å². The van der Waals surface area contributed by atoms with Crippen LogP contribution in [0.3, 0.4) is 0 Å². The van der Waals surface area contributed by atoms with Crippen molar-refractivity contribution in [3.8, 4) is 0 Å². The normalized spacial score (nSPS) is 10.0. The average Bonchev–Trinajstić information content (AvgIpc) is 2.38. The molecule has 0 bridgehead atoms. The fourth-order valence-electron chi connectivity index (χ4n) is 1.53. The molecule has 0 saturated heterocycles. The number of nitrogens with zero attached hydrogens (tertiary/aromatic N) is 1. The maximum absolute atomic E-state index is 11.9. The highest BCUT2D eigenvalue weighted by Gasteiger charge is 2.11. The van der Waals surface area contributed by atoms with Gasteiger partial charge in [0.2, 0.25) is 0 Å². The fourth-order valence-corrected chi connectivity index (χ4v) is 2.08. The van der Waals surface area contributed by atoms with Crippen LogP contribution in [0.25, 0.3) is 0 Å². The van der Waals surface area contributed by atoms with Crippen molar-refractivity contribution in [1.82, 2.24) is 4.90 Å². The molecule has 0 unspecified atom stereocenters. The third-order valence-corrected chi connectivity index (χ3v) is 3.38. The van der Waals surface area contributed by atoms with Crippen molar-refractivity contribution >= 4 is 29.4 Å². The van der Waals surface area contributed by atoms with Crippen LogP contribution in [0.1, 0.15) is 12.8 Å². The Balaban J connectivity index is 2.51. The second kappa shape index (κ2) is 7.68. The smallest absolute Gasteiger partial charge is 0.321 e. The molecule has 2 N–H and O–H groups in total. The lowest BCUT2D eigenvalue weighted by molar-refractivity contribution is -0.137. The number of urea groups is 1. The van der Waals surface area contributed by atoms with Gasteiger partial charge in [0.25, 0.3) is 0 Å². The number of benzene rings is 1. The number of carbonyl (C=O) groups is 2. The second-order valence-electron chi connectivity index (χ2n) is 4.05. The van der Waals surface area contributed by atoms with Gasteiger partial charge >= 0.3 is 12.0 Å². The number of anilines is 1. The van der Waals surface area contributed by atoms with Crippen LogP contribution >= 0.6 is 11.8 Å². The molecule has 0 saturated carbocycles. The third-order valence-electron chi connectivity index (χ3n) is 2.58. The Hall–Kier alpha value is -1.69. The Kier molecular flexibility index (Phi) is 6.21. The van der Waals surface area contributed by atoms with Crippen LogP contribution in [0, 0.1) is 0 Å². The molecular weight excluding hydrogens is 264 g/mol. The van der Waals surface area contributed by atoms with Gasteiger partial charge in [0.15, 0.2) is 0 Å². The SMILES string of the molecule is CSc1ccccc1NC(=O)N(C)CCCC(=O)O. The minimum Gasteiger partial charge on any atom is -0.481 e. The van der Waals surface area contributed by atoms with E-state index in [9.17, 15) is 9.59 Å². The van der Waals surface area contributed by atoms with Gasteiger partial charge in [-0.1, -0.05) is 12.1 Å². The summed E-state index contributed by atoms with van der Waals surface area (Å²) in [6, 6.07) is 7.32. The summed E-state index contributed by atoms with van der Waals surface area (Å²) in [5.74, 6) is -0.846. The zero-order valence-corrected chi connectivity index (χ0v) is 11.9. The highest BCUT2D eigenvalue weighted by molar-refractivity contribution is 7.98. The number of hydrogen-bond acceptors (Lipinski definition) is 3. The van der Waals surface area contributed by atoms with Crippen molar-refractivity contribution in [3.63, 3.8) is 0 Å². The Labute approximate surface area is 117 Å². The van der Waals surface area contributed by atoms with Gasteiger partial charge in [-0.3, -0.25) is 4.79 Å². The summed E-state index contributed by atoms with van der Waals surface area (Å²) >= 11 is 1.56. The summed E-state index contributed by atoms with van der Waals surface area (Å²) in [6.07, 6.45) is 2.46. The summed E-state index contributed by atoms with van der Waals surface area (Å²) in [4.78, 5) is 24.8. The minimum atomic E-state index is -0.846. The van der Waals surface area contributed by atoms with Crippen molar-refractivity contribution in [2.24, 2.45) is 0 Å². The van der Waals surface area contributed by atoms with Crippen LogP contribution in [-0.4, -0.2) is 41.9 Å². The van der Waals surface area contributed by atoms with Crippen LogP contribution in [-0.2, 0) is 4.79 Å². The Morgan fingerprint density at radius 3 is 2.68 bits per heavy atom. The monoisotopic (exact) mass is 282 g/mol. The van der Waals surface area contributed by atoms with E-state index >= 15 is 0 Å². The highest BCUT2D eigenvalue weighted by Crippen LogP contribution is 2.24. The van der Waals surface area contributed by atoms with E-state index < -0.39 is 5.97 Å². The molecule has 0 aliphatic rings. The number of para-hydroxylation sites is 1. The molecule has 1 aromatic carbocycles. The highest BCUT2D eigenvalue weighted by atomic mass is 32.2. The zero-order valence-electron chi connectivity index (χ0n) is 11.0. The van der Waals surface area contributed by atoms with E-state index in [1.54, 1.807) is 18.8 Å². The Bertz CT molecular complexity index is 451.